The van der Waals surface area contributed by atoms with Gasteiger partial charge in [0.15, 0.2) is 5.82 Å². The normalized spacial score (nSPS) is 11.5. The highest BCUT2D eigenvalue weighted by atomic mass is 32.2. The third-order valence-electron chi connectivity index (χ3n) is 3.97. The Balaban J connectivity index is 1.68. The first-order valence-corrected chi connectivity index (χ1v) is 10.3. The summed E-state index contributed by atoms with van der Waals surface area (Å²) in [5, 5.41) is 9.24. The molecule has 0 atom stereocenters. The van der Waals surface area contributed by atoms with Crippen molar-refractivity contribution in [3.8, 4) is 11.3 Å². The van der Waals surface area contributed by atoms with Crippen LogP contribution in [0.5, 0.6) is 0 Å². The summed E-state index contributed by atoms with van der Waals surface area (Å²) < 4.78 is 38.5. The molecule has 0 saturated heterocycles. The van der Waals surface area contributed by atoms with Crippen molar-refractivity contribution in [1.29, 1.82) is 0 Å². The van der Waals surface area contributed by atoms with Crippen LogP contribution in [0.3, 0.4) is 0 Å². The van der Waals surface area contributed by atoms with Crippen LogP contribution in [-0.4, -0.2) is 41.6 Å². The molecule has 9 heteroatoms. The molecular weight excluding hydrogens is 383 g/mol. The number of nitrogens with zero attached hydrogens (tertiary/aromatic N) is 2. The Hall–Kier alpha value is -3.04. The smallest absolute Gasteiger partial charge is 0.240 e. The summed E-state index contributed by atoms with van der Waals surface area (Å²) in [5.41, 5.74) is 1.88. The molecule has 3 rings (SSSR count). The summed E-state index contributed by atoms with van der Waals surface area (Å²) >= 11 is 0. The maximum absolute atomic E-state index is 13.3. The van der Waals surface area contributed by atoms with E-state index in [9.17, 15) is 17.6 Å². The predicted molar refractivity (Wildman–Crippen MR) is 104 cm³/mol. The largest absolute Gasteiger partial charge is 0.308 e. The van der Waals surface area contributed by atoms with Crippen molar-refractivity contribution in [1.82, 2.24) is 14.5 Å². The summed E-state index contributed by atoms with van der Waals surface area (Å²) in [5.74, 6) is -0.696. The number of benzene rings is 2. The molecule has 1 heterocycles. The Morgan fingerprint density at radius 2 is 1.89 bits per heavy atom. The second kappa shape index (κ2) is 8.32. The second-order valence-corrected chi connectivity index (χ2v) is 8.22. The SMILES string of the molecule is CS(=O)(=O)N(CC(=O)Nc1cc(-c2cccc(F)c2)[nH]n1)Cc1ccccc1. The highest BCUT2D eigenvalue weighted by molar-refractivity contribution is 7.88. The van der Waals surface area contributed by atoms with Gasteiger partial charge in [-0.3, -0.25) is 9.89 Å². The average Bonchev–Trinajstić information content (AvgIpc) is 3.10. The van der Waals surface area contributed by atoms with Crippen molar-refractivity contribution in [2.24, 2.45) is 0 Å². The number of carbonyl (C=O) groups excluding carboxylic acids is 1. The highest BCUT2D eigenvalue weighted by Crippen LogP contribution is 2.20. The standard InChI is InChI=1S/C19H19FN4O3S/c1-28(26,27)24(12-14-6-3-2-4-7-14)13-19(25)21-18-11-17(22-23-18)15-8-5-9-16(20)10-15/h2-11H,12-13H2,1H3,(H2,21,22,23,25). The van der Waals surface area contributed by atoms with E-state index in [1.54, 1.807) is 42.5 Å². The van der Waals surface area contributed by atoms with Gasteiger partial charge in [0.05, 0.1) is 18.5 Å². The number of halogens is 1. The minimum absolute atomic E-state index is 0.0855. The highest BCUT2D eigenvalue weighted by Gasteiger charge is 2.21. The Bertz CT molecular complexity index is 1070. The first kappa shape index (κ1) is 19.7. The molecule has 0 unspecified atom stereocenters. The van der Waals surface area contributed by atoms with Crippen molar-refractivity contribution in [3.05, 3.63) is 72.0 Å². The van der Waals surface area contributed by atoms with E-state index in [0.717, 1.165) is 16.1 Å². The van der Waals surface area contributed by atoms with Gasteiger partial charge in [0.25, 0.3) is 0 Å². The minimum atomic E-state index is -3.59. The van der Waals surface area contributed by atoms with Crippen LogP contribution in [0.2, 0.25) is 0 Å². The number of amides is 1. The van der Waals surface area contributed by atoms with Crippen LogP contribution in [0.25, 0.3) is 11.3 Å². The summed E-state index contributed by atoms with van der Waals surface area (Å²) in [6, 6.07) is 16.5. The van der Waals surface area contributed by atoms with Gasteiger partial charge in [0.2, 0.25) is 15.9 Å². The third kappa shape index (κ3) is 5.24. The van der Waals surface area contributed by atoms with Crippen LogP contribution in [0.15, 0.2) is 60.7 Å². The minimum Gasteiger partial charge on any atom is -0.308 e. The van der Waals surface area contributed by atoms with Crippen molar-refractivity contribution in [2.75, 3.05) is 18.1 Å². The molecular formula is C19H19FN4O3S. The van der Waals surface area contributed by atoms with E-state index < -0.39 is 15.9 Å². The zero-order chi connectivity index (χ0) is 20.1. The van der Waals surface area contributed by atoms with Gasteiger partial charge in [-0.25, -0.2) is 12.8 Å². The summed E-state index contributed by atoms with van der Waals surface area (Å²) in [4.78, 5) is 12.3. The summed E-state index contributed by atoms with van der Waals surface area (Å²) in [7, 11) is -3.59. The fourth-order valence-electron chi connectivity index (χ4n) is 2.61. The first-order valence-electron chi connectivity index (χ1n) is 8.41. The lowest BCUT2D eigenvalue weighted by Gasteiger charge is -2.19. The van der Waals surface area contributed by atoms with E-state index in [4.69, 9.17) is 0 Å². The number of nitrogens with one attached hydrogen (secondary N) is 2. The van der Waals surface area contributed by atoms with Gasteiger partial charge >= 0.3 is 0 Å². The van der Waals surface area contributed by atoms with Gasteiger partial charge in [-0.15, -0.1) is 0 Å². The monoisotopic (exact) mass is 402 g/mol. The molecule has 2 N–H and O–H groups in total. The van der Waals surface area contributed by atoms with E-state index in [1.807, 2.05) is 6.07 Å². The Morgan fingerprint density at radius 1 is 1.14 bits per heavy atom. The lowest BCUT2D eigenvalue weighted by molar-refractivity contribution is -0.116. The topological polar surface area (TPSA) is 95.2 Å². The molecule has 3 aromatic rings. The van der Waals surface area contributed by atoms with Gasteiger partial charge in [-0.2, -0.15) is 9.40 Å². The molecule has 7 nitrogen and oxygen atoms in total. The van der Waals surface area contributed by atoms with Gasteiger partial charge < -0.3 is 5.32 Å². The number of aromatic amines is 1. The van der Waals surface area contributed by atoms with Crippen LogP contribution >= 0.6 is 0 Å². The number of rotatable bonds is 7. The molecule has 2 aromatic carbocycles. The predicted octanol–water partition coefficient (Wildman–Crippen LogP) is 2.62. The average molecular weight is 402 g/mol. The van der Waals surface area contributed by atoms with E-state index in [-0.39, 0.29) is 24.7 Å². The number of aromatic nitrogens is 2. The van der Waals surface area contributed by atoms with Crippen LogP contribution in [0.1, 0.15) is 5.56 Å². The van der Waals surface area contributed by atoms with Gasteiger partial charge in [-0.05, 0) is 17.7 Å². The molecule has 0 bridgehead atoms. The number of carbonyl (C=O) groups is 1. The molecule has 0 spiro atoms. The van der Waals surface area contributed by atoms with Crippen molar-refractivity contribution < 1.29 is 17.6 Å². The second-order valence-electron chi connectivity index (χ2n) is 6.24. The van der Waals surface area contributed by atoms with Gasteiger partial charge in [-0.1, -0.05) is 42.5 Å². The van der Waals surface area contributed by atoms with Crippen LogP contribution in [0, 0.1) is 5.82 Å². The van der Waals surface area contributed by atoms with E-state index >= 15 is 0 Å². The number of hydrogen-bond donors (Lipinski definition) is 2. The van der Waals surface area contributed by atoms with Gasteiger partial charge in [0.1, 0.15) is 5.82 Å². The lowest BCUT2D eigenvalue weighted by atomic mass is 10.1. The summed E-state index contributed by atoms with van der Waals surface area (Å²) in [6.07, 6.45) is 1.06. The van der Waals surface area contributed by atoms with Crippen LogP contribution < -0.4 is 5.32 Å². The number of H-pyrrole nitrogens is 1. The van der Waals surface area contributed by atoms with E-state index in [1.165, 1.54) is 12.1 Å². The summed E-state index contributed by atoms with van der Waals surface area (Å²) in [6.45, 7) is -0.266. The molecule has 1 aromatic heterocycles. The molecule has 0 radical (unpaired) electrons. The van der Waals surface area contributed by atoms with E-state index in [2.05, 4.69) is 15.5 Å². The number of hydrogen-bond acceptors (Lipinski definition) is 4. The fraction of sp³-hybridized carbons (Fsp3) is 0.158. The Morgan fingerprint density at radius 3 is 2.57 bits per heavy atom. The fourth-order valence-corrected chi connectivity index (χ4v) is 3.35. The molecule has 0 aliphatic carbocycles. The first-order chi connectivity index (χ1) is 13.3. The van der Waals surface area contributed by atoms with Crippen molar-refractivity contribution >= 4 is 21.7 Å². The third-order valence-corrected chi connectivity index (χ3v) is 5.17. The van der Waals surface area contributed by atoms with Crippen molar-refractivity contribution in [2.45, 2.75) is 6.54 Å². The Labute approximate surface area is 162 Å². The van der Waals surface area contributed by atoms with Crippen LogP contribution in [-0.2, 0) is 21.4 Å². The van der Waals surface area contributed by atoms with E-state index in [0.29, 0.717) is 11.3 Å². The maximum Gasteiger partial charge on any atom is 0.240 e. The lowest BCUT2D eigenvalue weighted by Crippen LogP contribution is -2.36. The molecule has 28 heavy (non-hydrogen) atoms. The number of anilines is 1. The molecule has 146 valence electrons. The van der Waals surface area contributed by atoms with Crippen LogP contribution in [0.4, 0.5) is 10.2 Å². The molecule has 0 saturated carbocycles. The quantitative estimate of drug-likeness (QED) is 0.635. The molecule has 1 amide bonds. The molecule has 0 aliphatic heterocycles. The zero-order valence-electron chi connectivity index (χ0n) is 15.1. The zero-order valence-corrected chi connectivity index (χ0v) is 15.9. The Kier molecular flexibility index (Phi) is 5.86. The number of sulfonamides is 1. The van der Waals surface area contributed by atoms with Crippen molar-refractivity contribution in [3.63, 3.8) is 0 Å². The molecule has 0 fully saturated rings. The molecule has 0 aliphatic rings. The maximum atomic E-state index is 13.3. The van der Waals surface area contributed by atoms with Gasteiger partial charge in [0, 0.05) is 18.2 Å².